The first-order chi connectivity index (χ1) is 20.4. The van der Waals surface area contributed by atoms with E-state index in [-0.39, 0.29) is 18.0 Å². The smallest absolute Gasteiger partial charge is 0.323 e. The summed E-state index contributed by atoms with van der Waals surface area (Å²) in [4.78, 5) is 36.8. The topological polar surface area (TPSA) is 107 Å². The van der Waals surface area contributed by atoms with Crippen LogP contribution in [-0.2, 0) is 4.74 Å². The minimum atomic E-state index is -0.371. The van der Waals surface area contributed by atoms with Crippen LogP contribution in [0.2, 0.25) is 0 Å². The van der Waals surface area contributed by atoms with Crippen LogP contribution in [0.4, 0.5) is 22.0 Å². The van der Waals surface area contributed by atoms with Gasteiger partial charge in [-0.3, -0.25) is 4.79 Å². The fraction of sp³-hybridized carbons (Fsp3) is 0.355. The maximum absolute atomic E-state index is 12.9. The van der Waals surface area contributed by atoms with Crippen LogP contribution < -0.4 is 15.5 Å². The molecule has 0 saturated carbocycles. The number of rotatable bonds is 6. The van der Waals surface area contributed by atoms with Crippen LogP contribution in [0.1, 0.15) is 23.7 Å². The van der Waals surface area contributed by atoms with Crippen LogP contribution in [0.5, 0.6) is 0 Å². The maximum Gasteiger partial charge on any atom is 0.323 e. The lowest BCUT2D eigenvalue weighted by Crippen LogP contribution is -2.44. The number of carbonyl (C=O) groups excluding carboxylic acids is 2. The quantitative estimate of drug-likeness (QED) is 0.362. The van der Waals surface area contributed by atoms with Gasteiger partial charge in [0.1, 0.15) is 5.52 Å². The Morgan fingerprint density at radius 1 is 0.976 bits per heavy atom. The van der Waals surface area contributed by atoms with Crippen molar-refractivity contribution in [3.8, 4) is 11.4 Å². The highest BCUT2D eigenvalue weighted by Crippen LogP contribution is 2.27. The summed E-state index contributed by atoms with van der Waals surface area (Å²) in [5.74, 6) is 1.50. The zero-order valence-electron chi connectivity index (χ0n) is 24.2. The Morgan fingerprint density at radius 2 is 1.69 bits per heavy atom. The third kappa shape index (κ3) is 5.79. The Kier molecular flexibility index (Phi) is 7.77. The summed E-state index contributed by atoms with van der Waals surface area (Å²) in [6.07, 6.45) is 2.90. The van der Waals surface area contributed by atoms with Crippen molar-refractivity contribution in [2.24, 2.45) is 0 Å². The second kappa shape index (κ2) is 11.8. The molecule has 2 aliphatic heterocycles. The Labute approximate surface area is 245 Å². The van der Waals surface area contributed by atoms with Gasteiger partial charge in [0.15, 0.2) is 11.6 Å². The van der Waals surface area contributed by atoms with E-state index in [1.807, 2.05) is 66.1 Å². The second-order valence-electron chi connectivity index (χ2n) is 11.1. The number of carbonyl (C=O) groups is 2. The summed E-state index contributed by atoms with van der Waals surface area (Å²) in [6.45, 7) is 5.71. The molecular weight excluding hydrogens is 532 g/mol. The van der Waals surface area contributed by atoms with Crippen molar-refractivity contribution in [1.29, 1.82) is 0 Å². The zero-order valence-corrected chi connectivity index (χ0v) is 24.2. The maximum atomic E-state index is 12.9. The molecule has 2 aromatic carbocycles. The lowest BCUT2D eigenvalue weighted by molar-refractivity contribution is 0.0783. The predicted octanol–water partition coefficient (Wildman–Crippen LogP) is 4.04. The lowest BCUT2D eigenvalue weighted by Gasteiger charge is -2.34. The van der Waals surface area contributed by atoms with Gasteiger partial charge in [-0.15, -0.1) is 5.10 Å². The van der Waals surface area contributed by atoms with Gasteiger partial charge in [0, 0.05) is 54.4 Å². The molecule has 2 saturated heterocycles. The normalized spacial score (nSPS) is 19.0. The molecule has 2 N–H and O–H groups in total. The van der Waals surface area contributed by atoms with Crippen molar-refractivity contribution >= 4 is 34.6 Å². The average molecular weight is 569 g/mol. The number of hydrogen-bond donors (Lipinski definition) is 2. The largest absolute Gasteiger partial charge is 0.377 e. The molecule has 0 unspecified atom stereocenters. The SMILES string of the molecule is C[C@@H]1COCCN1c1nc(-c2ccc(NC(=O)Nc3ccc(C(=O)N4CC[C@@H](N(C)C)C4)cc3)cc2)nn2cccc12. The molecule has 4 heterocycles. The fourth-order valence-electron chi connectivity index (χ4n) is 5.52. The number of aromatic nitrogens is 3. The van der Waals surface area contributed by atoms with Crippen LogP contribution in [0, 0.1) is 0 Å². The number of ether oxygens (including phenoxy) is 1. The van der Waals surface area contributed by atoms with Crippen molar-refractivity contribution in [3.63, 3.8) is 0 Å². The van der Waals surface area contributed by atoms with Crippen molar-refractivity contribution in [1.82, 2.24) is 24.4 Å². The van der Waals surface area contributed by atoms with Crippen LogP contribution in [0.3, 0.4) is 0 Å². The summed E-state index contributed by atoms with van der Waals surface area (Å²) in [5.41, 5.74) is 3.65. The lowest BCUT2D eigenvalue weighted by atomic mass is 10.2. The van der Waals surface area contributed by atoms with E-state index in [1.54, 1.807) is 24.3 Å². The molecule has 218 valence electrons. The van der Waals surface area contributed by atoms with Gasteiger partial charge < -0.3 is 30.1 Å². The van der Waals surface area contributed by atoms with E-state index in [9.17, 15) is 9.59 Å². The van der Waals surface area contributed by atoms with Gasteiger partial charge in [0.2, 0.25) is 0 Å². The molecule has 0 aliphatic carbocycles. The number of likely N-dealkylation sites (N-methyl/N-ethyl adjacent to an activating group) is 1. The van der Waals surface area contributed by atoms with E-state index in [0.29, 0.717) is 42.0 Å². The predicted molar refractivity (Wildman–Crippen MR) is 163 cm³/mol. The fourth-order valence-corrected chi connectivity index (χ4v) is 5.52. The molecule has 11 heteroatoms. The molecule has 3 amide bonds. The van der Waals surface area contributed by atoms with E-state index in [0.717, 1.165) is 43.0 Å². The van der Waals surface area contributed by atoms with Gasteiger partial charge in [-0.25, -0.2) is 14.3 Å². The molecule has 0 bridgehead atoms. The molecule has 0 spiro atoms. The number of fused-ring (bicyclic) bond motifs is 1. The summed E-state index contributed by atoms with van der Waals surface area (Å²) < 4.78 is 7.47. The Hall–Kier alpha value is -4.48. The molecular formula is C31H36N8O3. The van der Waals surface area contributed by atoms with E-state index >= 15 is 0 Å². The number of nitrogens with zero attached hydrogens (tertiary/aromatic N) is 6. The van der Waals surface area contributed by atoms with Crippen molar-refractivity contribution in [3.05, 3.63) is 72.4 Å². The van der Waals surface area contributed by atoms with Crippen molar-refractivity contribution in [2.75, 3.05) is 62.5 Å². The summed E-state index contributed by atoms with van der Waals surface area (Å²) in [7, 11) is 4.08. The number of likely N-dealkylation sites (tertiary alicyclic amines) is 1. The zero-order chi connectivity index (χ0) is 29.2. The summed E-state index contributed by atoms with van der Waals surface area (Å²) >= 11 is 0. The Morgan fingerprint density at radius 3 is 2.36 bits per heavy atom. The average Bonchev–Trinajstić information content (AvgIpc) is 3.68. The first-order valence-electron chi connectivity index (χ1n) is 14.3. The number of urea groups is 1. The van der Waals surface area contributed by atoms with E-state index < -0.39 is 0 Å². The molecule has 2 atom stereocenters. The van der Waals surface area contributed by atoms with E-state index in [2.05, 4.69) is 27.4 Å². The van der Waals surface area contributed by atoms with Crippen LogP contribution in [0.15, 0.2) is 66.9 Å². The monoisotopic (exact) mass is 568 g/mol. The highest BCUT2D eigenvalue weighted by atomic mass is 16.5. The number of benzene rings is 2. The van der Waals surface area contributed by atoms with Gasteiger partial charge in [0.25, 0.3) is 5.91 Å². The number of hydrogen-bond acceptors (Lipinski definition) is 7. The molecule has 6 rings (SSSR count). The molecule has 4 aromatic rings. The highest BCUT2D eigenvalue weighted by Gasteiger charge is 2.28. The van der Waals surface area contributed by atoms with Crippen LogP contribution >= 0.6 is 0 Å². The van der Waals surface area contributed by atoms with Gasteiger partial charge in [-0.1, -0.05) is 0 Å². The van der Waals surface area contributed by atoms with Crippen LogP contribution in [-0.4, -0.2) is 95.4 Å². The molecule has 2 fully saturated rings. The van der Waals surface area contributed by atoms with Gasteiger partial charge in [-0.2, -0.15) is 0 Å². The second-order valence-corrected chi connectivity index (χ2v) is 11.1. The Balaban J connectivity index is 1.09. The Bertz CT molecular complexity index is 1570. The third-order valence-electron chi connectivity index (χ3n) is 7.98. The molecule has 2 aromatic heterocycles. The van der Waals surface area contributed by atoms with Gasteiger partial charge >= 0.3 is 6.03 Å². The number of nitrogens with one attached hydrogen (secondary N) is 2. The minimum Gasteiger partial charge on any atom is -0.377 e. The molecule has 11 nitrogen and oxygen atoms in total. The first-order valence-corrected chi connectivity index (χ1v) is 14.3. The van der Waals surface area contributed by atoms with E-state index in [4.69, 9.17) is 14.8 Å². The summed E-state index contributed by atoms with van der Waals surface area (Å²) in [5, 5.41) is 10.4. The third-order valence-corrected chi connectivity index (χ3v) is 7.98. The molecule has 0 radical (unpaired) electrons. The number of morpholine rings is 1. The first kappa shape index (κ1) is 27.7. The van der Waals surface area contributed by atoms with Crippen molar-refractivity contribution < 1.29 is 14.3 Å². The number of amides is 3. The molecule has 2 aliphatic rings. The standard InChI is InChI=1S/C31H36N8O3/c1-21-20-42-18-17-38(21)29-27-5-4-15-39(27)35-28(34-29)22-6-10-24(11-7-22)32-31(41)33-25-12-8-23(9-13-25)30(40)37-16-14-26(19-37)36(2)3/h4-13,15,21,26H,14,16-20H2,1-3H3,(H2,32,33,41)/t21-,26-/m1/s1. The summed E-state index contributed by atoms with van der Waals surface area (Å²) in [6, 6.07) is 18.7. The van der Waals surface area contributed by atoms with Crippen LogP contribution in [0.25, 0.3) is 16.9 Å². The van der Waals surface area contributed by atoms with Gasteiger partial charge in [-0.05, 0) is 88.1 Å². The highest BCUT2D eigenvalue weighted by molar-refractivity contribution is 6.00. The van der Waals surface area contributed by atoms with Gasteiger partial charge in [0.05, 0.1) is 19.3 Å². The van der Waals surface area contributed by atoms with E-state index in [1.165, 1.54) is 0 Å². The molecule has 42 heavy (non-hydrogen) atoms. The van der Waals surface area contributed by atoms with Crippen molar-refractivity contribution in [2.45, 2.75) is 25.4 Å². The number of anilines is 3. The minimum absolute atomic E-state index is 0.0157.